The molecule has 0 fully saturated rings. The zero-order valence-electron chi connectivity index (χ0n) is 16.8. The van der Waals surface area contributed by atoms with Gasteiger partial charge in [-0.15, -0.1) is 0 Å². The summed E-state index contributed by atoms with van der Waals surface area (Å²) in [6.45, 7) is 3.46. The van der Waals surface area contributed by atoms with Crippen LogP contribution in [-0.4, -0.2) is 36.7 Å². The smallest absolute Gasteiger partial charge is 0.160 e. The normalized spacial score (nSPS) is 16.3. The van der Waals surface area contributed by atoms with Gasteiger partial charge in [-0.1, -0.05) is 12.1 Å². The number of fused-ring (bicyclic) bond motifs is 1. The number of benzene rings is 1. The van der Waals surface area contributed by atoms with Gasteiger partial charge in [-0.2, -0.15) is 15.5 Å². The lowest BCUT2D eigenvalue weighted by atomic mass is 10.0. The van der Waals surface area contributed by atoms with Crippen molar-refractivity contribution in [2.45, 2.75) is 20.3 Å². The Balaban J connectivity index is 1.76. The maximum Gasteiger partial charge on any atom is 0.160 e. The number of hydrogen-bond donors (Lipinski definition) is 3. The number of aryl methyl sites for hydroxylation is 2. The minimum absolute atomic E-state index is 0.112. The van der Waals surface area contributed by atoms with Crippen LogP contribution in [0.4, 0.5) is 5.82 Å². The second-order valence-electron chi connectivity index (χ2n) is 6.98. The van der Waals surface area contributed by atoms with Crippen LogP contribution in [0.3, 0.4) is 0 Å². The third-order valence-electron chi connectivity index (χ3n) is 4.95. The van der Waals surface area contributed by atoms with E-state index in [1.807, 2.05) is 19.2 Å². The summed E-state index contributed by atoms with van der Waals surface area (Å²) >= 11 is 0. The molecule has 0 aliphatic carbocycles. The highest BCUT2D eigenvalue weighted by Gasteiger charge is 2.20. The van der Waals surface area contributed by atoms with Crippen LogP contribution in [0, 0.1) is 30.6 Å². The zero-order valence-corrected chi connectivity index (χ0v) is 16.8. The summed E-state index contributed by atoms with van der Waals surface area (Å²) in [5, 5.41) is 39.5. The number of aromatic hydroxyl groups is 1. The van der Waals surface area contributed by atoms with E-state index in [0.29, 0.717) is 35.0 Å². The second kappa shape index (κ2) is 7.33. The molecule has 3 aromatic rings. The van der Waals surface area contributed by atoms with Crippen LogP contribution in [0.25, 0.3) is 17.1 Å². The Morgan fingerprint density at radius 3 is 2.57 bits per heavy atom. The Morgan fingerprint density at radius 1 is 1.20 bits per heavy atom. The van der Waals surface area contributed by atoms with E-state index in [2.05, 4.69) is 26.6 Å². The molecule has 1 aliphatic heterocycles. The van der Waals surface area contributed by atoms with Crippen molar-refractivity contribution in [3.63, 3.8) is 0 Å². The molecule has 9 heteroatoms. The van der Waals surface area contributed by atoms with Crippen LogP contribution in [-0.2, 0) is 13.5 Å². The number of aromatic nitrogens is 4. The average molecular weight is 400 g/mol. The quantitative estimate of drug-likeness (QED) is 0.609. The van der Waals surface area contributed by atoms with Crippen molar-refractivity contribution in [3.05, 3.63) is 52.9 Å². The van der Waals surface area contributed by atoms with Crippen molar-refractivity contribution in [3.8, 4) is 23.1 Å². The van der Waals surface area contributed by atoms with E-state index in [0.717, 1.165) is 16.8 Å². The summed E-state index contributed by atoms with van der Waals surface area (Å²) in [6.07, 6.45) is 3.77. The van der Waals surface area contributed by atoms with Gasteiger partial charge in [0, 0.05) is 36.9 Å². The first-order valence-corrected chi connectivity index (χ1v) is 9.30. The lowest BCUT2D eigenvalue weighted by molar-refractivity contribution is 0.466. The van der Waals surface area contributed by atoms with Crippen LogP contribution in [0.2, 0.25) is 0 Å². The molecule has 0 spiro atoms. The molecule has 0 atom stereocenters. The minimum atomic E-state index is 0.112. The monoisotopic (exact) mass is 400 g/mol. The Kier molecular flexibility index (Phi) is 4.68. The summed E-state index contributed by atoms with van der Waals surface area (Å²) in [5.74, 6) is 1.35. The zero-order chi connectivity index (χ0) is 21.4. The molecule has 1 aromatic carbocycles. The predicted octanol–water partition coefficient (Wildman–Crippen LogP) is 2.99. The van der Waals surface area contributed by atoms with Crippen molar-refractivity contribution in [2.24, 2.45) is 12.0 Å². The minimum Gasteiger partial charge on any atom is -0.504 e. The lowest BCUT2D eigenvalue weighted by Gasteiger charge is -2.08. The maximum absolute atomic E-state index is 10.1. The SMILES string of the molecule is Cc1nn(C2=C/C(=N)Nc3c(c(-c4ccc(C#N)cc4)nn3C)C/C=N\2)c(C)c1O. The molecular weight excluding hydrogens is 380 g/mol. The van der Waals surface area contributed by atoms with Gasteiger partial charge >= 0.3 is 0 Å². The third kappa shape index (κ3) is 3.24. The molecule has 4 rings (SSSR count). The summed E-state index contributed by atoms with van der Waals surface area (Å²) in [6, 6.07) is 9.34. The van der Waals surface area contributed by atoms with Crippen LogP contribution >= 0.6 is 0 Å². The van der Waals surface area contributed by atoms with E-state index >= 15 is 0 Å². The largest absolute Gasteiger partial charge is 0.504 e. The van der Waals surface area contributed by atoms with Crippen molar-refractivity contribution >= 4 is 23.7 Å². The molecule has 9 nitrogen and oxygen atoms in total. The Morgan fingerprint density at radius 2 is 1.93 bits per heavy atom. The molecule has 3 heterocycles. The first-order chi connectivity index (χ1) is 14.4. The number of aliphatic imine (C=N–C) groups is 1. The van der Waals surface area contributed by atoms with Gasteiger partial charge in [0.05, 0.1) is 23.0 Å². The molecular formula is C21H20N8O. The van der Waals surface area contributed by atoms with Crippen LogP contribution in [0.5, 0.6) is 5.75 Å². The molecule has 30 heavy (non-hydrogen) atoms. The maximum atomic E-state index is 10.1. The van der Waals surface area contributed by atoms with E-state index < -0.39 is 0 Å². The highest BCUT2D eigenvalue weighted by molar-refractivity contribution is 6.05. The molecule has 0 unspecified atom stereocenters. The van der Waals surface area contributed by atoms with Gasteiger partial charge in [0.2, 0.25) is 0 Å². The summed E-state index contributed by atoms with van der Waals surface area (Å²) in [4.78, 5) is 4.51. The fraction of sp³-hybridized carbons (Fsp3) is 0.190. The Bertz CT molecular complexity index is 1250. The third-order valence-corrected chi connectivity index (χ3v) is 4.95. The number of anilines is 1. The van der Waals surface area contributed by atoms with Gasteiger partial charge < -0.3 is 10.4 Å². The standard InChI is InChI=1S/C21H20N8O/c1-12-20(30)13(2)29(26-12)18-10-17(23)25-21-16(8-9-24-18)19(27-28(21)3)15-6-4-14(11-22)5-7-15/h4-7,9-10,30H,8H2,1-3H3,(H2,23,25)/b18-10+,24-9-. The summed E-state index contributed by atoms with van der Waals surface area (Å²) in [5.41, 5.74) is 4.16. The van der Waals surface area contributed by atoms with Crippen LogP contribution in [0.1, 0.15) is 22.5 Å². The average Bonchev–Trinajstić information content (AvgIpc) is 3.20. The van der Waals surface area contributed by atoms with Gasteiger partial charge in [0.15, 0.2) is 11.6 Å². The molecule has 0 amide bonds. The molecule has 3 N–H and O–H groups in total. The van der Waals surface area contributed by atoms with Gasteiger partial charge in [-0.25, -0.2) is 9.67 Å². The van der Waals surface area contributed by atoms with E-state index in [1.165, 1.54) is 4.68 Å². The van der Waals surface area contributed by atoms with E-state index in [9.17, 15) is 5.11 Å². The first-order valence-electron chi connectivity index (χ1n) is 9.30. The predicted molar refractivity (Wildman–Crippen MR) is 115 cm³/mol. The topological polar surface area (TPSA) is 128 Å². The van der Waals surface area contributed by atoms with Gasteiger partial charge in [0.1, 0.15) is 17.3 Å². The summed E-state index contributed by atoms with van der Waals surface area (Å²) < 4.78 is 3.21. The first kappa shape index (κ1) is 19.1. The van der Waals surface area contributed by atoms with Crippen LogP contribution in [0.15, 0.2) is 35.3 Å². The molecule has 2 aromatic heterocycles. The molecule has 0 bridgehead atoms. The molecule has 0 saturated carbocycles. The van der Waals surface area contributed by atoms with Crippen molar-refractivity contribution in [1.82, 2.24) is 19.6 Å². The number of rotatable bonds is 2. The van der Waals surface area contributed by atoms with Crippen molar-refractivity contribution in [1.29, 1.82) is 10.7 Å². The van der Waals surface area contributed by atoms with E-state index in [-0.39, 0.29) is 11.6 Å². The Labute approximate surface area is 173 Å². The van der Waals surface area contributed by atoms with Gasteiger partial charge in [-0.05, 0) is 26.0 Å². The van der Waals surface area contributed by atoms with Crippen molar-refractivity contribution < 1.29 is 5.11 Å². The molecule has 1 aliphatic rings. The van der Waals surface area contributed by atoms with E-state index in [1.54, 1.807) is 43.0 Å². The second-order valence-corrected chi connectivity index (χ2v) is 6.98. The summed E-state index contributed by atoms with van der Waals surface area (Å²) in [7, 11) is 1.81. The van der Waals surface area contributed by atoms with Gasteiger partial charge in [-0.3, -0.25) is 10.1 Å². The number of hydrogen-bond acceptors (Lipinski definition) is 6. The molecule has 150 valence electrons. The fourth-order valence-corrected chi connectivity index (χ4v) is 3.39. The number of nitrogens with one attached hydrogen (secondary N) is 2. The highest BCUT2D eigenvalue weighted by atomic mass is 16.3. The highest BCUT2D eigenvalue weighted by Crippen LogP contribution is 2.30. The number of nitriles is 1. The molecule has 0 saturated heterocycles. The fourth-order valence-electron chi connectivity index (χ4n) is 3.39. The van der Waals surface area contributed by atoms with Crippen LogP contribution < -0.4 is 5.32 Å². The van der Waals surface area contributed by atoms with E-state index in [4.69, 9.17) is 10.7 Å². The lowest BCUT2D eigenvalue weighted by Crippen LogP contribution is -2.13. The van der Waals surface area contributed by atoms with Gasteiger partial charge in [0.25, 0.3) is 0 Å². The number of nitrogens with zero attached hydrogens (tertiary/aromatic N) is 6. The Hall–Kier alpha value is -4.19. The number of amidine groups is 1. The molecule has 0 radical (unpaired) electrons. The van der Waals surface area contributed by atoms with Crippen molar-refractivity contribution in [2.75, 3.05) is 5.32 Å².